The van der Waals surface area contributed by atoms with Gasteiger partial charge in [-0.3, -0.25) is 4.79 Å². The lowest BCUT2D eigenvalue weighted by molar-refractivity contribution is -0.116. The topological polar surface area (TPSA) is 117 Å². The highest BCUT2D eigenvalue weighted by atomic mass is 16.3. The molecule has 0 aliphatic heterocycles. The Kier molecular flexibility index (Phi) is 6.57. The van der Waals surface area contributed by atoms with Crippen LogP contribution in [0.4, 0.5) is 5.82 Å². The summed E-state index contributed by atoms with van der Waals surface area (Å²) in [4.78, 5) is 11.7. The van der Waals surface area contributed by atoms with Gasteiger partial charge in [-0.2, -0.15) is 10.4 Å². The second-order valence-corrected chi connectivity index (χ2v) is 4.11. The Balaban J connectivity index is 2.57. The van der Waals surface area contributed by atoms with Crippen molar-refractivity contribution in [1.29, 1.82) is 5.26 Å². The second kappa shape index (κ2) is 8.24. The smallest absolute Gasteiger partial charge is 0.225 e. The number of aliphatic hydroxyl groups excluding tert-OH is 1. The number of amides is 1. The molecule has 0 bridgehead atoms. The molecule has 0 fully saturated rings. The van der Waals surface area contributed by atoms with Gasteiger partial charge in [-0.05, 0) is 19.4 Å². The van der Waals surface area contributed by atoms with Crippen molar-refractivity contribution < 1.29 is 9.90 Å². The van der Waals surface area contributed by atoms with Crippen LogP contribution in [-0.4, -0.2) is 33.9 Å². The van der Waals surface area contributed by atoms with Crippen LogP contribution in [0.1, 0.15) is 31.2 Å². The first-order chi connectivity index (χ1) is 9.22. The number of nitrogens with two attached hydrogens (primary N) is 1. The van der Waals surface area contributed by atoms with Crippen LogP contribution in [0.5, 0.6) is 0 Å². The monoisotopic (exact) mass is 265 g/mol. The van der Waals surface area contributed by atoms with Crippen LogP contribution in [0.25, 0.3) is 0 Å². The Bertz CT molecular complexity index is 449. The van der Waals surface area contributed by atoms with Gasteiger partial charge in [0.25, 0.3) is 0 Å². The minimum absolute atomic E-state index is 0.105. The predicted molar refractivity (Wildman–Crippen MR) is 70.2 cm³/mol. The van der Waals surface area contributed by atoms with E-state index in [1.54, 1.807) is 0 Å². The van der Waals surface area contributed by atoms with Gasteiger partial charge in [0.2, 0.25) is 5.91 Å². The van der Waals surface area contributed by atoms with Crippen LogP contribution < -0.4 is 11.1 Å². The first-order valence-corrected chi connectivity index (χ1v) is 6.29. The van der Waals surface area contributed by atoms with Gasteiger partial charge >= 0.3 is 0 Å². The van der Waals surface area contributed by atoms with Gasteiger partial charge < -0.3 is 16.2 Å². The summed E-state index contributed by atoms with van der Waals surface area (Å²) in [5.74, 6) is 0.189. The Labute approximate surface area is 112 Å². The number of unbranched alkanes of at least 4 members (excludes halogenated alkanes) is 2. The highest BCUT2D eigenvalue weighted by Crippen LogP contribution is 2.14. The van der Waals surface area contributed by atoms with E-state index in [9.17, 15) is 4.79 Å². The molecule has 7 nitrogen and oxygen atoms in total. The van der Waals surface area contributed by atoms with Crippen molar-refractivity contribution in [3.8, 4) is 6.07 Å². The molecule has 0 saturated carbocycles. The zero-order valence-electron chi connectivity index (χ0n) is 10.8. The van der Waals surface area contributed by atoms with E-state index in [1.807, 2.05) is 6.07 Å². The van der Waals surface area contributed by atoms with E-state index in [0.717, 1.165) is 19.3 Å². The van der Waals surface area contributed by atoms with E-state index >= 15 is 0 Å². The number of hydrogen-bond donors (Lipinski definition) is 3. The van der Waals surface area contributed by atoms with Gasteiger partial charge in [0.05, 0.1) is 19.3 Å². The van der Waals surface area contributed by atoms with E-state index < -0.39 is 0 Å². The molecular formula is C12H19N5O2. The van der Waals surface area contributed by atoms with Gasteiger partial charge in [-0.1, -0.05) is 6.42 Å². The number of aliphatic hydroxyl groups is 1. The maximum absolute atomic E-state index is 11.7. The summed E-state index contributed by atoms with van der Waals surface area (Å²) < 4.78 is 1.41. The molecule has 1 heterocycles. The second-order valence-electron chi connectivity index (χ2n) is 4.11. The molecule has 0 radical (unpaired) electrons. The standard InChI is InChI=1S/C12H19N5O2/c13-5-3-1-2-4-11(19)16-12-10(8-14)9-15-17(12)6-7-18/h9,18H,1-7,13H2,(H,16,19). The van der Waals surface area contributed by atoms with Gasteiger partial charge in [0, 0.05) is 6.42 Å². The van der Waals surface area contributed by atoms with Gasteiger partial charge in [0.1, 0.15) is 17.5 Å². The molecule has 0 aliphatic carbocycles. The number of nitrogens with zero attached hydrogens (tertiary/aromatic N) is 3. The molecule has 0 atom stereocenters. The zero-order chi connectivity index (χ0) is 14.1. The van der Waals surface area contributed by atoms with Crippen molar-refractivity contribution in [3.05, 3.63) is 11.8 Å². The Morgan fingerprint density at radius 3 is 2.95 bits per heavy atom. The average molecular weight is 265 g/mol. The minimum atomic E-state index is -0.159. The third-order valence-corrected chi connectivity index (χ3v) is 2.64. The molecule has 0 saturated heterocycles. The average Bonchev–Trinajstić information content (AvgIpc) is 2.78. The van der Waals surface area contributed by atoms with Crippen molar-refractivity contribution >= 4 is 11.7 Å². The molecule has 0 aromatic carbocycles. The molecule has 104 valence electrons. The van der Waals surface area contributed by atoms with Crippen LogP contribution in [-0.2, 0) is 11.3 Å². The number of carbonyl (C=O) groups excluding carboxylic acids is 1. The van der Waals surface area contributed by atoms with Crippen molar-refractivity contribution in [3.63, 3.8) is 0 Å². The first kappa shape index (κ1) is 15.1. The van der Waals surface area contributed by atoms with E-state index in [1.165, 1.54) is 10.9 Å². The van der Waals surface area contributed by atoms with Crippen molar-refractivity contribution in [2.24, 2.45) is 5.73 Å². The third kappa shape index (κ3) is 4.69. The van der Waals surface area contributed by atoms with Crippen molar-refractivity contribution in [2.75, 3.05) is 18.5 Å². The molecule has 1 rings (SSSR count). The molecule has 4 N–H and O–H groups in total. The van der Waals surface area contributed by atoms with Gasteiger partial charge in [-0.25, -0.2) is 4.68 Å². The van der Waals surface area contributed by atoms with Crippen LogP contribution in [0.3, 0.4) is 0 Å². The summed E-state index contributed by atoms with van der Waals surface area (Å²) >= 11 is 0. The fourth-order valence-electron chi connectivity index (χ4n) is 1.66. The Morgan fingerprint density at radius 2 is 2.32 bits per heavy atom. The minimum Gasteiger partial charge on any atom is -0.394 e. The molecule has 1 amide bonds. The summed E-state index contributed by atoms with van der Waals surface area (Å²) in [6.45, 7) is 0.764. The van der Waals surface area contributed by atoms with Crippen LogP contribution in [0, 0.1) is 11.3 Å². The molecule has 0 aliphatic rings. The predicted octanol–water partition coefficient (Wildman–Crippen LogP) is 0.205. The largest absolute Gasteiger partial charge is 0.394 e. The maximum Gasteiger partial charge on any atom is 0.225 e. The van der Waals surface area contributed by atoms with Crippen LogP contribution >= 0.6 is 0 Å². The van der Waals surface area contributed by atoms with E-state index in [-0.39, 0.29) is 19.1 Å². The lowest BCUT2D eigenvalue weighted by atomic mass is 10.2. The quantitative estimate of drug-likeness (QED) is 0.581. The normalized spacial score (nSPS) is 10.2. The molecule has 0 unspecified atom stereocenters. The fourth-order valence-corrected chi connectivity index (χ4v) is 1.66. The fraction of sp³-hybridized carbons (Fsp3) is 0.583. The SMILES string of the molecule is N#Cc1cnn(CCO)c1NC(=O)CCCCCN. The summed E-state index contributed by atoms with van der Waals surface area (Å²) in [5.41, 5.74) is 5.67. The molecule has 0 spiro atoms. The third-order valence-electron chi connectivity index (χ3n) is 2.64. The zero-order valence-corrected chi connectivity index (χ0v) is 10.8. The highest BCUT2D eigenvalue weighted by molar-refractivity contribution is 5.91. The highest BCUT2D eigenvalue weighted by Gasteiger charge is 2.13. The summed E-state index contributed by atoms with van der Waals surface area (Å²) in [5, 5.41) is 24.4. The van der Waals surface area contributed by atoms with Gasteiger partial charge in [0.15, 0.2) is 0 Å². The van der Waals surface area contributed by atoms with Crippen LogP contribution in [0.2, 0.25) is 0 Å². The van der Waals surface area contributed by atoms with E-state index in [2.05, 4.69) is 10.4 Å². The van der Waals surface area contributed by atoms with E-state index in [0.29, 0.717) is 24.3 Å². The number of aromatic nitrogens is 2. The number of rotatable bonds is 8. The maximum atomic E-state index is 11.7. The number of nitriles is 1. The first-order valence-electron chi connectivity index (χ1n) is 6.29. The Hall–Kier alpha value is -1.91. The molecular weight excluding hydrogens is 246 g/mol. The summed E-state index contributed by atoms with van der Waals surface area (Å²) in [7, 11) is 0. The molecule has 1 aromatic heterocycles. The lowest BCUT2D eigenvalue weighted by Gasteiger charge is -2.08. The van der Waals surface area contributed by atoms with Crippen molar-refractivity contribution in [1.82, 2.24) is 9.78 Å². The Morgan fingerprint density at radius 1 is 1.53 bits per heavy atom. The number of hydrogen-bond acceptors (Lipinski definition) is 5. The van der Waals surface area contributed by atoms with E-state index in [4.69, 9.17) is 16.1 Å². The number of anilines is 1. The van der Waals surface area contributed by atoms with Crippen molar-refractivity contribution in [2.45, 2.75) is 32.2 Å². The molecule has 7 heteroatoms. The van der Waals surface area contributed by atoms with Crippen LogP contribution in [0.15, 0.2) is 6.20 Å². The molecule has 19 heavy (non-hydrogen) atoms. The summed E-state index contributed by atoms with van der Waals surface area (Å²) in [6.07, 6.45) is 4.33. The number of nitrogens with one attached hydrogen (secondary N) is 1. The number of carbonyl (C=O) groups is 1. The molecule has 1 aromatic rings. The van der Waals surface area contributed by atoms with Gasteiger partial charge in [-0.15, -0.1) is 0 Å². The lowest BCUT2D eigenvalue weighted by Crippen LogP contribution is -2.17. The summed E-state index contributed by atoms with van der Waals surface area (Å²) in [6, 6.07) is 1.96.